The third kappa shape index (κ3) is 1.98. The Balaban J connectivity index is 2.32. The number of nitrogens with two attached hydrogens (primary N) is 1. The lowest BCUT2D eigenvalue weighted by Gasteiger charge is -2.08. The Kier molecular flexibility index (Phi) is 2.76. The number of nitrogens with zero attached hydrogens (tertiary/aromatic N) is 2. The fourth-order valence-corrected chi connectivity index (χ4v) is 2.18. The van der Waals surface area contributed by atoms with Crippen LogP contribution in [-0.2, 0) is 6.54 Å². The first-order chi connectivity index (χ1) is 9.19. The van der Waals surface area contributed by atoms with E-state index in [0.717, 1.165) is 11.6 Å². The maximum atomic E-state index is 13.3. The zero-order valence-electron chi connectivity index (χ0n) is 9.98. The van der Waals surface area contributed by atoms with Crippen molar-refractivity contribution in [2.45, 2.75) is 6.54 Å². The second kappa shape index (κ2) is 4.44. The van der Waals surface area contributed by atoms with Crippen LogP contribution in [0.3, 0.4) is 0 Å². The first kappa shape index (κ1) is 11.8. The molecule has 3 rings (SSSR count). The number of pyridine rings is 1. The van der Waals surface area contributed by atoms with Crippen molar-refractivity contribution in [2.24, 2.45) is 5.73 Å². The molecule has 19 heavy (non-hydrogen) atoms. The fourth-order valence-electron chi connectivity index (χ4n) is 2.18. The van der Waals surface area contributed by atoms with Crippen molar-refractivity contribution in [2.75, 3.05) is 0 Å². The first-order valence-electron chi connectivity index (χ1n) is 5.81. The third-order valence-corrected chi connectivity index (χ3v) is 2.97. The summed E-state index contributed by atoms with van der Waals surface area (Å²) >= 11 is 0. The highest BCUT2D eigenvalue weighted by Crippen LogP contribution is 2.24. The molecule has 3 aromatic rings. The molecule has 3 nitrogen and oxygen atoms in total. The van der Waals surface area contributed by atoms with Crippen molar-refractivity contribution in [1.29, 1.82) is 0 Å². The zero-order valence-corrected chi connectivity index (χ0v) is 9.98. The molecule has 0 amide bonds. The van der Waals surface area contributed by atoms with Gasteiger partial charge in [-0.1, -0.05) is 6.07 Å². The van der Waals surface area contributed by atoms with Gasteiger partial charge in [-0.05, 0) is 24.3 Å². The number of benzene rings is 1. The molecule has 0 radical (unpaired) electrons. The van der Waals surface area contributed by atoms with Crippen LogP contribution in [0.15, 0.2) is 42.6 Å². The number of imidazole rings is 1. The van der Waals surface area contributed by atoms with Gasteiger partial charge in [0.05, 0.1) is 24.0 Å². The predicted octanol–water partition coefficient (Wildman–Crippen LogP) is 2.74. The summed E-state index contributed by atoms with van der Waals surface area (Å²) in [5.41, 5.74) is 7.59. The van der Waals surface area contributed by atoms with E-state index in [1.807, 2.05) is 12.1 Å². The molecule has 0 aliphatic heterocycles. The van der Waals surface area contributed by atoms with E-state index < -0.39 is 11.6 Å². The molecule has 5 heteroatoms. The van der Waals surface area contributed by atoms with Crippen LogP contribution in [0.1, 0.15) is 5.82 Å². The standard InChI is InChI=1S/C14H11F2N3/c15-10-4-9(5-11(16)6-10)13-3-1-2-12-8-18-14(7-17)19(12)13/h1-6,8H,7,17H2. The fraction of sp³-hybridized carbons (Fsp3) is 0.0714. The van der Waals surface area contributed by atoms with Crippen molar-refractivity contribution in [3.8, 4) is 11.3 Å². The smallest absolute Gasteiger partial charge is 0.127 e. The monoisotopic (exact) mass is 259 g/mol. The summed E-state index contributed by atoms with van der Waals surface area (Å²) in [5, 5.41) is 0. The largest absolute Gasteiger partial charge is 0.324 e. The van der Waals surface area contributed by atoms with Crippen LogP contribution < -0.4 is 5.73 Å². The molecule has 0 spiro atoms. The Hall–Kier alpha value is -2.27. The molecule has 0 aliphatic rings. The Morgan fingerprint density at radius 1 is 1.11 bits per heavy atom. The van der Waals surface area contributed by atoms with Crippen molar-refractivity contribution < 1.29 is 8.78 Å². The molecule has 0 fully saturated rings. The van der Waals surface area contributed by atoms with Crippen LogP contribution >= 0.6 is 0 Å². The van der Waals surface area contributed by atoms with E-state index in [1.165, 1.54) is 12.1 Å². The Bertz CT molecular complexity index is 729. The van der Waals surface area contributed by atoms with Crippen molar-refractivity contribution in [3.05, 3.63) is 60.1 Å². The van der Waals surface area contributed by atoms with Crippen LogP contribution in [0.5, 0.6) is 0 Å². The summed E-state index contributed by atoms with van der Waals surface area (Å²) in [4.78, 5) is 4.20. The Morgan fingerprint density at radius 2 is 1.84 bits per heavy atom. The molecule has 0 aliphatic carbocycles. The van der Waals surface area contributed by atoms with Gasteiger partial charge in [-0.3, -0.25) is 4.40 Å². The van der Waals surface area contributed by atoms with E-state index in [4.69, 9.17) is 5.73 Å². The van der Waals surface area contributed by atoms with E-state index in [2.05, 4.69) is 4.98 Å². The van der Waals surface area contributed by atoms with Crippen LogP contribution in [0.4, 0.5) is 8.78 Å². The third-order valence-electron chi connectivity index (χ3n) is 2.97. The predicted molar refractivity (Wildman–Crippen MR) is 68.4 cm³/mol. The molecule has 2 N–H and O–H groups in total. The minimum absolute atomic E-state index is 0.253. The van der Waals surface area contributed by atoms with E-state index in [-0.39, 0.29) is 6.54 Å². The summed E-state index contributed by atoms with van der Waals surface area (Å²) in [6.07, 6.45) is 1.68. The highest BCUT2D eigenvalue weighted by molar-refractivity contribution is 5.65. The highest BCUT2D eigenvalue weighted by atomic mass is 19.1. The van der Waals surface area contributed by atoms with Gasteiger partial charge in [-0.15, -0.1) is 0 Å². The molecular formula is C14H11F2N3. The maximum absolute atomic E-state index is 13.3. The Morgan fingerprint density at radius 3 is 2.53 bits per heavy atom. The lowest BCUT2D eigenvalue weighted by atomic mass is 10.1. The van der Waals surface area contributed by atoms with E-state index in [1.54, 1.807) is 16.7 Å². The molecular weight excluding hydrogens is 248 g/mol. The average Bonchev–Trinajstić information content (AvgIpc) is 2.80. The number of halogens is 2. The molecule has 0 saturated heterocycles. The number of hydrogen-bond acceptors (Lipinski definition) is 2. The van der Waals surface area contributed by atoms with Crippen LogP contribution in [0.25, 0.3) is 16.8 Å². The summed E-state index contributed by atoms with van der Waals surface area (Å²) in [6, 6.07) is 8.89. The van der Waals surface area contributed by atoms with Crippen molar-refractivity contribution in [3.63, 3.8) is 0 Å². The molecule has 0 unspecified atom stereocenters. The van der Waals surface area contributed by atoms with Gasteiger partial charge in [-0.2, -0.15) is 0 Å². The Labute approximate surface area is 108 Å². The van der Waals surface area contributed by atoms with Gasteiger partial charge in [0.15, 0.2) is 0 Å². The topological polar surface area (TPSA) is 43.3 Å². The molecule has 0 atom stereocenters. The van der Waals surface area contributed by atoms with Crippen molar-refractivity contribution >= 4 is 5.52 Å². The summed E-state index contributed by atoms with van der Waals surface area (Å²) in [5.74, 6) is -0.571. The quantitative estimate of drug-likeness (QED) is 0.769. The number of rotatable bonds is 2. The summed E-state index contributed by atoms with van der Waals surface area (Å²) in [6.45, 7) is 0.253. The van der Waals surface area contributed by atoms with Gasteiger partial charge < -0.3 is 5.73 Å². The minimum Gasteiger partial charge on any atom is -0.324 e. The second-order valence-corrected chi connectivity index (χ2v) is 4.21. The molecule has 0 saturated carbocycles. The minimum atomic E-state index is -0.610. The number of aromatic nitrogens is 2. The van der Waals surface area contributed by atoms with Crippen LogP contribution in [0, 0.1) is 11.6 Å². The van der Waals surface area contributed by atoms with Gasteiger partial charge >= 0.3 is 0 Å². The first-order valence-corrected chi connectivity index (χ1v) is 5.81. The molecule has 2 heterocycles. The highest BCUT2D eigenvalue weighted by Gasteiger charge is 2.10. The SMILES string of the molecule is NCc1ncc2cccc(-c3cc(F)cc(F)c3)n12. The van der Waals surface area contributed by atoms with Crippen LogP contribution in [0.2, 0.25) is 0 Å². The molecule has 2 aromatic heterocycles. The van der Waals surface area contributed by atoms with E-state index >= 15 is 0 Å². The molecule has 96 valence electrons. The van der Waals surface area contributed by atoms with Gasteiger partial charge in [-0.25, -0.2) is 13.8 Å². The van der Waals surface area contributed by atoms with E-state index in [9.17, 15) is 8.78 Å². The number of fused-ring (bicyclic) bond motifs is 1. The zero-order chi connectivity index (χ0) is 13.4. The van der Waals surface area contributed by atoms with Gasteiger partial charge in [0, 0.05) is 11.6 Å². The normalized spacial score (nSPS) is 11.1. The van der Waals surface area contributed by atoms with Crippen LogP contribution in [-0.4, -0.2) is 9.38 Å². The average molecular weight is 259 g/mol. The van der Waals surface area contributed by atoms with Gasteiger partial charge in [0.2, 0.25) is 0 Å². The van der Waals surface area contributed by atoms with Gasteiger partial charge in [0.25, 0.3) is 0 Å². The lowest BCUT2D eigenvalue weighted by Crippen LogP contribution is -2.04. The van der Waals surface area contributed by atoms with Gasteiger partial charge in [0.1, 0.15) is 17.5 Å². The summed E-state index contributed by atoms with van der Waals surface area (Å²) in [7, 11) is 0. The van der Waals surface area contributed by atoms with Crippen molar-refractivity contribution in [1.82, 2.24) is 9.38 Å². The molecule has 1 aromatic carbocycles. The number of hydrogen-bond donors (Lipinski definition) is 1. The summed E-state index contributed by atoms with van der Waals surface area (Å²) < 4.78 is 28.5. The lowest BCUT2D eigenvalue weighted by molar-refractivity contribution is 0.584. The van der Waals surface area contributed by atoms with E-state index in [0.29, 0.717) is 17.1 Å². The maximum Gasteiger partial charge on any atom is 0.127 e. The molecule has 0 bridgehead atoms. The second-order valence-electron chi connectivity index (χ2n) is 4.21.